The summed E-state index contributed by atoms with van der Waals surface area (Å²) >= 11 is 1.59. The van der Waals surface area contributed by atoms with Crippen LogP contribution < -0.4 is 5.32 Å². The molecule has 0 saturated carbocycles. The summed E-state index contributed by atoms with van der Waals surface area (Å²) in [5, 5.41) is 3.36. The maximum atomic E-state index is 12.1. The highest BCUT2D eigenvalue weighted by Gasteiger charge is 2.38. The van der Waals surface area contributed by atoms with Gasteiger partial charge in [0.2, 0.25) is 11.8 Å². The number of nitrogens with one attached hydrogen (secondary N) is 1. The molecule has 0 spiro atoms. The summed E-state index contributed by atoms with van der Waals surface area (Å²) in [5.74, 6) is 2.68. The van der Waals surface area contributed by atoms with Crippen LogP contribution in [0.5, 0.6) is 0 Å². The van der Waals surface area contributed by atoms with E-state index in [4.69, 9.17) is 0 Å². The van der Waals surface area contributed by atoms with Crippen LogP contribution in [0, 0.1) is 11.8 Å². The first-order chi connectivity index (χ1) is 8.24. The molecule has 0 unspecified atom stereocenters. The summed E-state index contributed by atoms with van der Waals surface area (Å²) in [6, 6.07) is 0. The highest BCUT2D eigenvalue weighted by atomic mass is 35.5. The second-order valence-corrected chi connectivity index (χ2v) is 6.00. The number of likely N-dealkylation sites (tertiary alicyclic amines) is 1. The molecule has 0 bridgehead atoms. The Balaban J connectivity index is 0.00000120. The van der Waals surface area contributed by atoms with Crippen LogP contribution in [0.25, 0.3) is 0 Å². The van der Waals surface area contributed by atoms with Crippen LogP contribution in [0.1, 0.15) is 0 Å². The fourth-order valence-corrected chi connectivity index (χ4v) is 3.77. The summed E-state index contributed by atoms with van der Waals surface area (Å²) < 4.78 is 0. The lowest BCUT2D eigenvalue weighted by Gasteiger charge is -2.21. The molecule has 3 fully saturated rings. The quantitative estimate of drug-likeness (QED) is 0.754. The number of fused-ring (bicyclic) bond motifs is 1. The number of carbonyl (C=O) groups excluding carboxylic acids is 2. The summed E-state index contributed by atoms with van der Waals surface area (Å²) in [5.41, 5.74) is 0. The van der Waals surface area contributed by atoms with Gasteiger partial charge in [-0.2, -0.15) is 0 Å². The maximum Gasteiger partial charge on any atom is 0.242 e. The van der Waals surface area contributed by atoms with Crippen molar-refractivity contribution in [3.05, 3.63) is 0 Å². The Morgan fingerprint density at radius 2 is 2.00 bits per heavy atom. The predicted molar refractivity (Wildman–Crippen MR) is 72.7 cm³/mol. The van der Waals surface area contributed by atoms with E-state index in [0.717, 1.165) is 26.2 Å². The summed E-state index contributed by atoms with van der Waals surface area (Å²) in [4.78, 5) is 27.1. The van der Waals surface area contributed by atoms with Crippen LogP contribution in [-0.2, 0) is 9.59 Å². The molecular weight excluding hydrogens is 274 g/mol. The third-order valence-electron chi connectivity index (χ3n) is 3.89. The molecule has 5 nitrogen and oxygen atoms in total. The molecule has 0 aromatic carbocycles. The first-order valence-corrected chi connectivity index (χ1v) is 7.23. The van der Waals surface area contributed by atoms with E-state index >= 15 is 0 Å². The second-order valence-electron chi connectivity index (χ2n) is 5.05. The van der Waals surface area contributed by atoms with Gasteiger partial charge in [0.25, 0.3) is 0 Å². The van der Waals surface area contributed by atoms with Crippen LogP contribution in [-0.4, -0.2) is 66.0 Å². The number of hydrogen-bond acceptors (Lipinski definition) is 4. The van der Waals surface area contributed by atoms with Crippen molar-refractivity contribution in [3.8, 4) is 0 Å². The molecule has 3 rings (SSSR count). The van der Waals surface area contributed by atoms with Crippen molar-refractivity contribution in [1.82, 2.24) is 15.1 Å². The minimum atomic E-state index is 0. The van der Waals surface area contributed by atoms with Crippen molar-refractivity contribution >= 4 is 36.0 Å². The monoisotopic (exact) mass is 291 g/mol. The van der Waals surface area contributed by atoms with Crippen LogP contribution in [0.3, 0.4) is 0 Å². The molecule has 3 saturated heterocycles. The highest BCUT2D eigenvalue weighted by molar-refractivity contribution is 8.00. The number of halogens is 1. The van der Waals surface area contributed by atoms with Gasteiger partial charge in [0.15, 0.2) is 0 Å². The average Bonchev–Trinajstić information content (AvgIpc) is 2.93. The van der Waals surface area contributed by atoms with E-state index in [1.165, 1.54) is 0 Å². The lowest BCUT2D eigenvalue weighted by atomic mass is 10.0. The van der Waals surface area contributed by atoms with Gasteiger partial charge in [0.1, 0.15) is 6.54 Å². The molecule has 1 N–H and O–H groups in total. The largest absolute Gasteiger partial charge is 0.340 e. The Kier molecular flexibility index (Phi) is 4.40. The molecule has 2 amide bonds. The predicted octanol–water partition coefficient (Wildman–Crippen LogP) is -0.381. The van der Waals surface area contributed by atoms with Gasteiger partial charge in [-0.05, 0) is 11.8 Å². The molecule has 3 aliphatic heterocycles. The molecule has 18 heavy (non-hydrogen) atoms. The van der Waals surface area contributed by atoms with E-state index in [0.29, 0.717) is 23.5 Å². The van der Waals surface area contributed by atoms with E-state index in [9.17, 15) is 9.59 Å². The first-order valence-electron chi connectivity index (χ1n) is 6.08. The molecule has 3 heterocycles. The molecule has 102 valence electrons. The standard InChI is InChI=1S/C11H17N3O2S.ClH/c15-10(5-14-7-17-6-11(14)16)13-3-8-1-12-2-9(8)4-13;/h8-9,12H,1-7H2;1H/t8-,9+;. The van der Waals surface area contributed by atoms with Crippen LogP contribution in [0.2, 0.25) is 0 Å². The molecule has 7 heteroatoms. The van der Waals surface area contributed by atoms with Crippen molar-refractivity contribution < 1.29 is 9.59 Å². The van der Waals surface area contributed by atoms with E-state index < -0.39 is 0 Å². The van der Waals surface area contributed by atoms with Gasteiger partial charge in [-0.3, -0.25) is 9.59 Å². The smallest absolute Gasteiger partial charge is 0.242 e. The number of carbonyl (C=O) groups is 2. The van der Waals surface area contributed by atoms with Gasteiger partial charge in [0, 0.05) is 26.2 Å². The lowest BCUT2D eigenvalue weighted by molar-refractivity contribution is -0.137. The number of thioether (sulfide) groups is 1. The Morgan fingerprint density at radius 3 is 2.56 bits per heavy atom. The molecule has 3 aliphatic rings. The molecule has 2 atom stereocenters. The van der Waals surface area contributed by atoms with E-state index in [1.54, 1.807) is 16.7 Å². The SMILES string of the molecule is Cl.O=C1CSCN1CC(=O)N1C[C@H]2CNC[C@H]2C1. The third kappa shape index (κ3) is 2.60. The fourth-order valence-electron chi connectivity index (χ4n) is 2.86. The van der Waals surface area contributed by atoms with Crippen LogP contribution in [0.4, 0.5) is 0 Å². The minimum absolute atomic E-state index is 0. The molecular formula is C11H18ClN3O2S. The van der Waals surface area contributed by atoms with Gasteiger partial charge < -0.3 is 15.1 Å². The first kappa shape index (κ1) is 14.0. The average molecular weight is 292 g/mol. The minimum Gasteiger partial charge on any atom is -0.340 e. The van der Waals surface area contributed by atoms with E-state index in [1.807, 2.05) is 4.90 Å². The maximum absolute atomic E-state index is 12.1. The number of rotatable bonds is 2. The van der Waals surface area contributed by atoms with Crippen molar-refractivity contribution in [2.24, 2.45) is 11.8 Å². The summed E-state index contributed by atoms with van der Waals surface area (Å²) in [7, 11) is 0. The second kappa shape index (κ2) is 5.67. The number of amides is 2. The Bertz CT molecular complexity index is 343. The van der Waals surface area contributed by atoms with Crippen LogP contribution in [0.15, 0.2) is 0 Å². The van der Waals surface area contributed by atoms with Gasteiger partial charge in [-0.1, -0.05) is 0 Å². The zero-order valence-electron chi connectivity index (χ0n) is 10.1. The van der Waals surface area contributed by atoms with E-state index in [-0.39, 0.29) is 30.8 Å². The van der Waals surface area contributed by atoms with Gasteiger partial charge in [0.05, 0.1) is 11.6 Å². The topological polar surface area (TPSA) is 52.7 Å². The number of nitrogens with zero attached hydrogens (tertiary/aromatic N) is 2. The molecule has 0 aromatic rings. The van der Waals surface area contributed by atoms with Gasteiger partial charge >= 0.3 is 0 Å². The van der Waals surface area contributed by atoms with Gasteiger partial charge in [-0.25, -0.2) is 0 Å². The molecule has 0 aliphatic carbocycles. The van der Waals surface area contributed by atoms with Crippen molar-refractivity contribution in [2.75, 3.05) is 44.4 Å². The van der Waals surface area contributed by atoms with E-state index in [2.05, 4.69) is 5.32 Å². The van der Waals surface area contributed by atoms with Crippen molar-refractivity contribution in [2.45, 2.75) is 0 Å². The zero-order valence-corrected chi connectivity index (χ0v) is 11.8. The lowest BCUT2D eigenvalue weighted by Crippen LogP contribution is -2.41. The highest BCUT2D eigenvalue weighted by Crippen LogP contribution is 2.26. The zero-order chi connectivity index (χ0) is 11.8. The number of hydrogen-bond donors (Lipinski definition) is 1. The third-order valence-corrected chi connectivity index (χ3v) is 4.84. The van der Waals surface area contributed by atoms with Gasteiger partial charge in [-0.15, -0.1) is 24.2 Å². The normalized spacial score (nSPS) is 30.6. The summed E-state index contributed by atoms with van der Waals surface area (Å²) in [6.45, 7) is 4.08. The molecule has 0 aromatic heterocycles. The summed E-state index contributed by atoms with van der Waals surface area (Å²) in [6.07, 6.45) is 0. The van der Waals surface area contributed by atoms with Crippen molar-refractivity contribution in [3.63, 3.8) is 0 Å². The molecule has 0 radical (unpaired) electrons. The Labute approximate surface area is 117 Å². The Hall–Kier alpha value is -0.460. The Morgan fingerprint density at radius 1 is 1.33 bits per heavy atom. The van der Waals surface area contributed by atoms with Crippen LogP contribution >= 0.6 is 24.2 Å². The van der Waals surface area contributed by atoms with Crippen molar-refractivity contribution in [1.29, 1.82) is 0 Å². The fraction of sp³-hybridized carbons (Fsp3) is 0.818.